The zero-order valence-corrected chi connectivity index (χ0v) is 19.3. The van der Waals surface area contributed by atoms with E-state index in [1.807, 2.05) is 22.7 Å². The van der Waals surface area contributed by atoms with Crippen molar-refractivity contribution in [2.24, 2.45) is 0 Å². The maximum Gasteiger partial charge on any atom is 0.0542 e. The standard InChI is InChI=1S/C26H32O2S2/c27-15-7-3-1-5-9-19-11-13-21-23(17-19)29-26-22-14-12-20(10-6-2-4-8-16-28)18-24(22)30-25(21)26/h11-14,17-18,27-28H,1-10,15-16H2. The van der Waals surface area contributed by atoms with Crippen molar-refractivity contribution < 1.29 is 10.2 Å². The molecular formula is C26H32O2S2. The van der Waals surface area contributed by atoms with Crippen LogP contribution in [-0.4, -0.2) is 23.4 Å². The number of thiophene rings is 2. The van der Waals surface area contributed by atoms with E-state index in [1.54, 1.807) is 0 Å². The Kier molecular flexibility index (Phi) is 7.78. The summed E-state index contributed by atoms with van der Waals surface area (Å²) >= 11 is 3.89. The molecule has 0 unspecified atom stereocenters. The van der Waals surface area contributed by atoms with Gasteiger partial charge in [-0.2, -0.15) is 0 Å². The summed E-state index contributed by atoms with van der Waals surface area (Å²) in [5.41, 5.74) is 2.88. The van der Waals surface area contributed by atoms with Crippen molar-refractivity contribution >= 4 is 52.2 Å². The molecule has 2 aromatic carbocycles. The molecule has 0 amide bonds. The summed E-state index contributed by atoms with van der Waals surface area (Å²) in [7, 11) is 0. The van der Waals surface area contributed by atoms with E-state index in [0.29, 0.717) is 13.2 Å². The number of rotatable bonds is 12. The number of aliphatic hydroxyl groups excluding tert-OH is 2. The Balaban J connectivity index is 1.48. The summed E-state index contributed by atoms with van der Waals surface area (Å²) in [6, 6.07) is 14.1. The van der Waals surface area contributed by atoms with Crippen molar-refractivity contribution in [2.45, 2.75) is 64.2 Å². The molecule has 0 saturated carbocycles. The summed E-state index contributed by atoms with van der Waals surface area (Å²) in [6.07, 6.45) is 11.2. The van der Waals surface area contributed by atoms with Crippen LogP contribution in [0.25, 0.3) is 29.6 Å². The Morgan fingerprint density at radius 2 is 0.967 bits per heavy atom. The van der Waals surface area contributed by atoms with Gasteiger partial charge in [0.15, 0.2) is 0 Å². The number of fused-ring (bicyclic) bond motifs is 5. The summed E-state index contributed by atoms with van der Waals surface area (Å²) in [4.78, 5) is 0. The lowest BCUT2D eigenvalue weighted by Crippen LogP contribution is -1.87. The maximum atomic E-state index is 8.90. The monoisotopic (exact) mass is 440 g/mol. The van der Waals surface area contributed by atoms with E-state index in [4.69, 9.17) is 10.2 Å². The highest BCUT2D eigenvalue weighted by molar-refractivity contribution is 7.36. The van der Waals surface area contributed by atoms with Crippen LogP contribution in [0.5, 0.6) is 0 Å². The van der Waals surface area contributed by atoms with E-state index >= 15 is 0 Å². The molecule has 2 N–H and O–H groups in total. The summed E-state index contributed by atoms with van der Waals surface area (Å²) in [6.45, 7) is 0.635. The van der Waals surface area contributed by atoms with E-state index in [-0.39, 0.29) is 0 Å². The normalized spacial score (nSPS) is 11.9. The van der Waals surface area contributed by atoms with Gasteiger partial charge in [-0.15, -0.1) is 22.7 Å². The van der Waals surface area contributed by atoms with Gasteiger partial charge in [0.05, 0.1) is 9.40 Å². The molecule has 160 valence electrons. The molecule has 0 bridgehead atoms. The van der Waals surface area contributed by atoms with Gasteiger partial charge in [0.2, 0.25) is 0 Å². The fourth-order valence-electron chi connectivity index (χ4n) is 4.24. The van der Waals surface area contributed by atoms with E-state index in [2.05, 4.69) is 36.4 Å². The third kappa shape index (κ3) is 5.05. The third-order valence-corrected chi connectivity index (χ3v) is 8.46. The average molecular weight is 441 g/mol. The predicted octanol–water partition coefficient (Wildman–Crippen LogP) is 7.46. The van der Waals surface area contributed by atoms with E-state index in [1.165, 1.54) is 66.4 Å². The Hall–Kier alpha value is -1.46. The fourth-order valence-corrected chi connectivity index (χ4v) is 7.03. The van der Waals surface area contributed by atoms with Crippen LogP contribution in [0.1, 0.15) is 62.5 Å². The molecule has 2 heterocycles. The van der Waals surface area contributed by atoms with Crippen molar-refractivity contribution in [1.82, 2.24) is 0 Å². The highest BCUT2D eigenvalue weighted by atomic mass is 32.1. The molecule has 4 aromatic rings. The van der Waals surface area contributed by atoms with Gasteiger partial charge in [0.1, 0.15) is 0 Å². The molecule has 4 rings (SSSR count). The average Bonchev–Trinajstić information content (AvgIpc) is 3.28. The van der Waals surface area contributed by atoms with Crippen LogP contribution in [0.2, 0.25) is 0 Å². The quantitative estimate of drug-likeness (QED) is 0.224. The first-order valence-corrected chi connectivity index (χ1v) is 13.0. The number of benzene rings is 2. The van der Waals surface area contributed by atoms with Crippen LogP contribution in [0.15, 0.2) is 36.4 Å². The second-order valence-electron chi connectivity index (χ2n) is 8.30. The van der Waals surface area contributed by atoms with Crippen LogP contribution in [0.4, 0.5) is 0 Å². The first-order chi connectivity index (χ1) is 14.8. The highest BCUT2D eigenvalue weighted by Gasteiger charge is 2.13. The van der Waals surface area contributed by atoms with Crippen molar-refractivity contribution in [3.05, 3.63) is 47.5 Å². The Bertz CT molecular complexity index is 1000. The fraction of sp³-hybridized carbons (Fsp3) is 0.462. The second kappa shape index (κ2) is 10.7. The molecule has 0 spiro atoms. The van der Waals surface area contributed by atoms with Gasteiger partial charge in [-0.1, -0.05) is 49.9 Å². The van der Waals surface area contributed by atoms with Crippen molar-refractivity contribution in [1.29, 1.82) is 0 Å². The third-order valence-electron chi connectivity index (χ3n) is 5.96. The minimum atomic E-state index is 0.317. The molecule has 0 aliphatic carbocycles. The Morgan fingerprint density at radius 3 is 1.40 bits per heavy atom. The van der Waals surface area contributed by atoms with Crippen LogP contribution < -0.4 is 0 Å². The lowest BCUT2D eigenvalue weighted by atomic mass is 10.0. The molecule has 0 radical (unpaired) electrons. The minimum Gasteiger partial charge on any atom is -0.396 e. The van der Waals surface area contributed by atoms with Gasteiger partial charge >= 0.3 is 0 Å². The lowest BCUT2D eigenvalue weighted by Gasteiger charge is -2.02. The smallest absolute Gasteiger partial charge is 0.0542 e. The molecule has 30 heavy (non-hydrogen) atoms. The van der Waals surface area contributed by atoms with Gasteiger partial charge in [0.25, 0.3) is 0 Å². The molecule has 4 heteroatoms. The number of aryl methyl sites for hydroxylation is 2. The molecule has 0 aliphatic heterocycles. The molecule has 2 aromatic heterocycles. The summed E-state index contributed by atoms with van der Waals surface area (Å²) in [5.74, 6) is 0. The van der Waals surface area contributed by atoms with Gasteiger partial charge < -0.3 is 10.2 Å². The van der Waals surface area contributed by atoms with Crippen molar-refractivity contribution in [3.8, 4) is 0 Å². The number of hydrogen-bond acceptors (Lipinski definition) is 4. The second-order valence-corrected chi connectivity index (χ2v) is 10.4. The van der Waals surface area contributed by atoms with Gasteiger partial charge in [-0.3, -0.25) is 0 Å². The zero-order valence-electron chi connectivity index (χ0n) is 17.7. The minimum absolute atomic E-state index is 0.317. The zero-order chi connectivity index (χ0) is 20.8. The van der Waals surface area contributed by atoms with Crippen molar-refractivity contribution in [2.75, 3.05) is 13.2 Å². The highest BCUT2D eigenvalue weighted by Crippen LogP contribution is 2.44. The summed E-state index contributed by atoms with van der Waals surface area (Å²) < 4.78 is 5.72. The van der Waals surface area contributed by atoms with Crippen LogP contribution >= 0.6 is 22.7 Å². The topological polar surface area (TPSA) is 40.5 Å². The first-order valence-electron chi connectivity index (χ1n) is 11.4. The molecule has 0 saturated heterocycles. The number of unbranched alkanes of at least 4 members (excludes halogenated alkanes) is 6. The molecule has 0 atom stereocenters. The van der Waals surface area contributed by atoms with Crippen LogP contribution in [-0.2, 0) is 12.8 Å². The van der Waals surface area contributed by atoms with Crippen LogP contribution in [0.3, 0.4) is 0 Å². The lowest BCUT2D eigenvalue weighted by molar-refractivity contribution is 0.282. The first kappa shape index (κ1) is 21.8. The largest absolute Gasteiger partial charge is 0.396 e. The maximum absolute atomic E-state index is 8.90. The molecule has 0 aliphatic rings. The van der Waals surface area contributed by atoms with E-state index in [0.717, 1.165) is 38.5 Å². The van der Waals surface area contributed by atoms with Crippen LogP contribution in [0, 0.1) is 0 Å². The Labute approximate surface area is 187 Å². The molecule has 0 fully saturated rings. The molecular weight excluding hydrogens is 408 g/mol. The number of aliphatic hydroxyl groups is 2. The number of hydrogen-bond donors (Lipinski definition) is 2. The van der Waals surface area contributed by atoms with E-state index in [9.17, 15) is 0 Å². The molecule has 2 nitrogen and oxygen atoms in total. The van der Waals surface area contributed by atoms with Gasteiger partial charge in [-0.25, -0.2) is 0 Å². The van der Waals surface area contributed by atoms with Crippen molar-refractivity contribution in [3.63, 3.8) is 0 Å². The van der Waals surface area contributed by atoms with E-state index < -0.39 is 0 Å². The Morgan fingerprint density at radius 1 is 0.533 bits per heavy atom. The van der Waals surface area contributed by atoms with Gasteiger partial charge in [-0.05, 0) is 61.8 Å². The van der Waals surface area contributed by atoms with Gasteiger partial charge in [0, 0.05) is 33.4 Å². The SMILES string of the molecule is OCCCCCCc1ccc2c(c1)sc1c3ccc(CCCCCCO)cc3sc21. The predicted molar refractivity (Wildman–Crippen MR) is 133 cm³/mol. The summed E-state index contributed by atoms with van der Waals surface area (Å²) in [5, 5.41) is 20.6.